The molecular weight excluding hydrogens is 336 g/mol. The molecule has 26 heavy (non-hydrogen) atoms. The Morgan fingerprint density at radius 2 is 1.54 bits per heavy atom. The Kier molecular flexibility index (Phi) is 6.32. The van der Waals surface area contributed by atoms with E-state index in [0.29, 0.717) is 0 Å². The number of hydrogen-bond acceptors (Lipinski definition) is 5. The van der Waals surface area contributed by atoms with Gasteiger partial charge in [-0.2, -0.15) is 0 Å². The second-order valence-corrected chi connectivity index (χ2v) is 5.48. The van der Waals surface area contributed by atoms with Gasteiger partial charge in [-0.3, -0.25) is 14.4 Å². The molecule has 2 aromatic rings. The van der Waals surface area contributed by atoms with Gasteiger partial charge in [0, 0.05) is 6.42 Å². The molecule has 3 N–H and O–H groups in total. The predicted molar refractivity (Wildman–Crippen MR) is 95.1 cm³/mol. The van der Waals surface area contributed by atoms with Crippen molar-refractivity contribution in [2.75, 3.05) is 14.2 Å². The maximum Gasteiger partial charge on any atom is 0.287 e. The summed E-state index contributed by atoms with van der Waals surface area (Å²) >= 11 is 0. The Hall–Kier alpha value is -3.35. The third kappa shape index (κ3) is 4.38. The number of ether oxygens (including phenoxy) is 2. The van der Waals surface area contributed by atoms with Crippen LogP contribution >= 0.6 is 0 Å². The molecule has 0 spiro atoms. The van der Waals surface area contributed by atoms with Crippen LogP contribution in [0.1, 0.15) is 15.9 Å². The van der Waals surface area contributed by atoms with E-state index in [-0.39, 0.29) is 23.5 Å². The Bertz CT molecular complexity index is 783. The van der Waals surface area contributed by atoms with E-state index >= 15 is 0 Å². The van der Waals surface area contributed by atoms with Crippen molar-refractivity contribution < 1.29 is 23.9 Å². The maximum atomic E-state index is 12.8. The quantitative estimate of drug-likeness (QED) is 0.689. The van der Waals surface area contributed by atoms with Crippen LogP contribution < -0.4 is 20.5 Å². The summed E-state index contributed by atoms with van der Waals surface area (Å²) in [6, 6.07) is 12.8. The highest BCUT2D eigenvalue weighted by atomic mass is 16.5. The summed E-state index contributed by atoms with van der Waals surface area (Å²) < 4.78 is 10.4. The molecule has 0 aromatic heterocycles. The van der Waals surface area contributed by atoms with Crippen LogP contribution in [0.25, 0.3) is 0 Å². The summed E-state index contributed by atoms with van der Waals surface area (Å²) in [6.45, 7) is 0. The Balaban J connectivity index is 2.32. The SMILES string of the molecule is COc1cccc(OC)c1C(=O)N[C@@H](Cc1ccccc1)C(=O)C(N)=O. The van der Waals surface area contributed by atoms with E-state index in [9.17, 15) is 14.4 Å². The first kappa shape index (κ1) is 19.0. The fourth-order valence-corrected chi connectivity index (χ4v) is 2.54. The fourth-order valence-electron chi connectivity index (χ4n) is 2.54. The van der Waals surface area contributed by atoms with E-state index in [1.165, 1.54) is 14.2 Å². The van der Waals surface area contributed by atoms with Gasteiger partial charge in [0.1, 0.15) is 23.1 Å². The van der Waals surface area contributed by atoms with Gasteiger partial charge < -0.3 is 20.5 Å². The Morgan fingerprint density at radius 1 is 0.962 bits per heavy atom. The van der Waals surface area contributed by atoms with Gasteiger partial charge >= 0.3 is 0 Å². The smallest absolute Gasteiger partial charge is 0.287 e. The highest BCUT2D eigenvalue weighted by Crippen LogP contribution is 2.28. The third-order valence-corrected chi connectivity index (χ3v) is 3.80. The first-order chi connectivity index (χ1) is 12.5. The van der Waals surface area contributed by atoms with Crippen LogP contribution in [0, 0.1) is 0 Å². The number of carbonyl (C=O) groups is 3. The monoisotopic (exact) mass is 356 g/mol. The van der Waals surface area contributed by atoms with Crippen molar-refractivity contribution in [1.29, 1.82) is 0 Å². The molecule has 2 rings (SSSR count). The zero-order valence-corrected chi connectivity index (χ0v) is 14.5. The minimum Gasteiger partial charge on any atom is -0.496 e. The van der Waals surface area contributed by atoms with E-state index in [0.717, 1.165) is 5.56 Å². The largest absolute Gasteiger partial charge is 0.496 e. The molecule has 0 aliphatic heterocycles. The summed E-state index contributed by atoms with van der Waals surface area (Å²) in [5.41, 5.74) is 6.04. The second-order valence-electron chi connectivity index (χ2n) is 5.48. The molecule has 0 bridgehead atoms. The second kappa shape index (κ2) is 8.66. The van der Waals surface area contributed by atoms with Crippen LogP contribution in [-0.2, 0) is 16.0 Å². The van der Waals surface area contributed by atoms with Crippen LogP contribution in [-0.4, -0.2) is 37.9 Å². The predicted octanol–water partition coefficient (Wildman–Crippen LogP) is 1.10. The number of nitrogens with two attached hydrogens (primary N) is 1. The van der Waals surface area contributed by atoms with Crippen molar-refractivity contribution in [2.24, 2.45) is 5.73 Å². The van der Waals surface area contributed by atoms with Crippen molar-refractivity contribution in [1.82, 2.24) is 5.32 Å². The van der Waals surface area contributed by atoms with Gasteiger partial charge in [-0.25, -0.2) is 0 Å². The molecule has 0 heterocycles. The van der Waals surface area contributed by atoms with Crippen molar-refractivity contribution in [2.45, 2.75) is 12.5 Å². The number of benzene rings is 2. The minimum atomic E-state index is -1.11. The molecule has 0 saturated carbocycles. The standard InChI is InChI=1S/C19H20N2O5/c1-25-14-9-6-10-15(26-2)16(14)19(24)21-13(17(22)18(20)23)11-12-7-4-3-5-8-12/h3-10,13H,11H2,1-2H3,(H2,20,23)(H,21,24)/t13-/m0/s1. The molecule has 2 aromatic carbocycles. The molecule has 7 heteroatoms. The van der Waals surface area contributed by atoms with E-state index in [1.807, 2.05) is 6.07 Å². The fraction of sp³-hybridized carbons (Fsp3) is 0.211. The number of ketones is 1. The zero-order valence-electron chi connectivity index (χ0n) is 14.5. The van der Waals surface area contributed by atoms with E-state index < -0.39 is 23.6 Å². The highest BCUT2D eigenvalue weighted by Gasteiger charge is 2.28. The Labute approximate surface area is 151 Å². The molecule has 0 unspecified atom stereocenters. The average molecular weight is 356 g/mol. The summed E-state index contributed by atoms with van der Waals surface area (Å²) in [5, 5.41) is 2.56. The number of hydrogen-bond donors (Lipinski definition) is 2. The van der Waals surface area contributed by atoms with Gasteiger partial charge in [0.05, 0.1) is 14.2 Å². The van der Waals surface area contributed by atoms with Gasteiger partial charge in [-0.05, 0) is 17.7 Å². The number of amides is 2. The number of nitrogens with one attached hydrogen (secondary N) is 1. The van der Waals surface area contributed by atoms with Crippen molar-refractivity contribution in [3.05, 3.63) is 59.7 Å². The molecule has 0 radical (unpaired) electrons. The molecular formula is C19H20N2O5. The minimum absolute atomic E-state index is 0.131. The molecule has 136 valence electrons. The number of Topliss-reactive ketones (excluding diaryl/α,β-unsaturated/α-hetero) is 1. The van der Waals surface area contributed by atoms with E-state index in [2.05, 4.69) is 5.32 Å². The normalized spacial score (nSPS) is 11.3. The lowest BCUT2D eigenvalue weighted by Crippen LogP contribution is -2.47. The van der Waals surface area contributed by atoms with Gasteiger partial charge in [0.25, 0.3) is 11.8 Å². The number of carbonyl (C=O) groups excluding carboxylic acids is 3. The van der Waals surface area contributed by atoms with Crippen molar-refractivity contribution >= 4 is 17.6 Å². The summed E-state index contributed by atoms with van der Waals surface area (Å²) in [6.07, 6.45) is 0.131. The summed E-state index contributed by atoms with van der Waals surface area (Å²) in [7, 11) is 2.84. The number of primary amides is 1. The number of rotatable bonds is 8. The van der Waals surface area contributed by atoms with Crippen LogP contribution in [0.3, 0.4) is 0 Å². The average Bonchev–Trinajstić information content (AvgIpc) is 2.66. The first-order valence-electron chi connectivity index (χ1n) is 7.87. The van der Waals surface area contributed by atoms with Crippen LogP contribution in [0.4, 0.5) is 0 Å². The van der Waals surface area contributed by atoms with Crippen molar-refractivity contribution in [3.63, 3.8) is 0 Å². The van der Waals surface area contributed by atoms with Crippen LogP contribution in [0.5, 0.6) is 11.5 Å². The molecule has 0 saturated heterocycles. The molecule has 0 fully saturated rings. The molecule has 0 aliphatic carbocycles. The molecule has 1 atom stereocenters. The Morgan fingerprint density at radius 3 is 2.04 bits per heavy atom. The lowest BCUT2D eigenvalue weighted by molar-refractivity contribution is -0.137. The molecule has 0 aliphatic rings. The topological polar surface area (TPSA) is 108 Å². The van der Waals surface area contributed by atoms with Crippen LogP contribution in [0.15, 0.2) is 48.5 Å². The lowest BCUT2D eigenvalue weighted by Gasteiger charge is -2.18. The van der Waals surface area contributed by atoms with Crippen molar-refractivity contribution in [3.8, 4) is 11.5 Å². The van der Waals surface area contributed by atoms with E-state index in [1.54, 1.807) is 42.5 Å². The lowest BCUT2D eigenvalue weighted by atomic mass is 10.0. The highest BCUT2D eigenvalue weighted by molar-refractivity contribution is 6.38. The maximum absolute atomic E-state index is 12.8. The number of methoxy groups -OCH3 is 2. The van der Waals surface area contributed by atoms with Gasteiger partial charge in [-0.15, -0.1) is 0 Å². The first-order valence-corrected chi connectivity index (χ1v) is 7.87. The molecule has 7 nitrogen and oxygen atoms in total. The summed E-state index contributed by atoms with van der Waals surface area (Å²) in [4.78, 5) is 36.3. The molecule has 2 amide bonds. The third-order valence-electron chi connectivity index (χ3n) is 3.80. The zero-order chi connectivity index (χ0) is 19.1. The van der Waals surface area contributed by atoms with Gasteiger partial charge in [-0.1, -0.05) is 36.4 Å². The summed E-state index contributed by atoms with van der Waals surface area (Å²) in [5.74, 6) is -2.03. The van der Waals surface area contributed by atoms with E-state index in [4.69, 9.17) is 15.2 Å². The van der Waals surface area contributed by atoms with Gasteiger partial charge in [0.2, 0.25) is 5.78 Å². The van der Waals surface area contributed by atoms with Crippen LogP contribution in [0.2, 0.25) is 0 Å². The van der Waals surface area contributed by atoms with Gasteiger partial charge in [0.15, 0.2) is 0 Å².